The van der Waals surface area contributed by atoms with Crippen LogP contribution in [-0.2, 0) is 9.59 Å². The molecular formula is C8H11NO3. The summed E-state index contributed by atoms with van der Waals surface area (Å²) in [5.74, 6) is -1.73. The van der Waals surface area contributed by atoms with Crippen molar-refractivity contribution in [3.05, 3.63) is 12.2 Å². The van der Waals surface area contributed by atoms with Crippen molar-refractivity contribution in [2.45, 2.75) is 20.3 Å². The van der Waals surface area contributed by atoms with E-state index >= 15 is 0 Å². The van der Waals surface area contributed by atoms with Crippen molar-refractivity contribution in [3.8, 4) is 0 Å². The predicted molar refractivity (Wildman–Crippen MR) is 45.2 cm³/mol. The van der Waals surface area contributed by atoms with Crippen LogP contribution in [0, 0.1) is 0 Å². The average molecular weight is 169 g/mol. The summed E-state index contributed by atoms with van der Waals surface area (Å²) in [6.45, 7) is 6.46. The van der Waals surface area contributed by atoms with Crippen LogP contribution in [0.2, 0.25) is 0 Å². The summed E-state index contributed by atoms with van der Waals surface area (Å²) in [6, 6.07) is 0. The predicted octanol–water partition coefficient (Wildman–Crippen LogP) is 1.02. The molecular weight excluding hydrogens is 158 g/mol. The van der Waals surface area contributed by atoms with E-state index in [1.54, 1.807) is 6.92 Å². The lowest BCUT2D eigenvalue weighted by Gasteiger charge is -1.95. The monoisotopic (exact) mass is 169 g/mol. The van der Waals surface area contributed by atoms with Gasteiger partial charge in [-0.3, -0.25) is 4.79 Å². The average Bonchev–Trinajstić information content (AvgIpc) is 1.98. The lowest BCUT2D eigenvalue weighted by Crippen LogP contribution is -2.14. The van der Waals surface area contributed by atoms with E-state index in [1.807, 2.05) is 0 Å². The fraction of sp³-hybridized carbons (Fsp3) is 0.375. The molecule has 0 bridgehead atoms. The van der Waals surface area contributed by atoms with Gasteiger partial charge in [-0.15, -0.1) is 0 Å². The number of amides is 1. The van der Waals surface area contributed by atoms with Crippen molar-refractivity contribution in [3.63, 3.8) is 0 Å². The second-order valence-corrected chi connectivity index (χ2v) is 2.30. The van der Waals surface area contributed by atoms with Gasteiger partial charge < -0.3 is 5.11 Å². The Kier molecular flexibility index (Phi) is 3.90. The van der Waals surface area contributed by atoms with Crippen LogP contribution in [0.4, 0.5) is 0 Å². The van der Waals surface area contributed by atoms with Crippen molar-refractivity contribution in [1.29, 1.82) is 0 Å². The molecule has 0 aliphatic heterocycles. The second-order valence-electron chi connectivity index (χ2n) is 2.30. The zero-order valence-corrected chi connectivity index (χ0v) is 7.13. The summed E-state index contributed by atoms with van der Waals surface area (Å²) in [4.78, 5) is 24.6. The molecule has 4 nitrogen and oxygen atoms in total. The second kappa shape index (κ2) is 4.43. The van der Waals surface area contributed by atoms with E-state index in [2.05, 4.69) is 11.6 Å². The summed E-state index contributed by atoms with van der Waals surface area (Å²) < 4.78 is 0. The van der Waals surface area contributed by atoms with Crippen LogP contribution in [0.25, 0.3) is 0 Å². The zero-order valence-electron chi connectivity index (χ0n) is 7.13. The Morgan fingerprint density at radius 3 is 2.25 bits per heavy atom. The number of aliphatic imine (C=N–C) groups is 1. The molecule has 4 heteroatoms. The van der Waals surface area contributed by atoms with Gasteiger partial charge in [0.15, 0.2) is 0 Å². The van der Waals surface area contributed by atoms with Crippen LogP contribution in [0.5, 0.6) is 0 Å². The van der Waals surface area contributed by atoms with Gasteiger partial charge in [-0.1, -0.05) is 13.5 Å². The largest absolute Gasteiger partial charge is 0.477 e. The highest BCUT2D eigenvalue weighted by Gasteiger charge is 2.09. The van der Waals surface area contributed by atoms with E-state index in [0.29, 0.717) is 0 Å². The molecule has 0 saturated carbocycles. The molecule has 0 aliphatic carbocycles. The summed E-state index contributed by atoms with van der Waals surface area (Å²) in [6.07, 6.45) is 0.231. The zero-order chi connectivity index (χ0) is 9.72. The summed E-state index contributed by atoms with van der Waals surface area (Å²) in [5.41, 5.74) is 0.102. The van der Waals surface area contributed by atoms with Crippen molar-refractivity contribution in [1.82, 2.24) is 0 Å². The first-order valence-electron chi connectivity index (χ1n) is 3.49. The molecule has 12 heavy (non-hydrogen) atoms. The quantitative estimate of drug-likeness (QED) is 0.506. The van der Waals surface area contributed by atoms with E-state index in [-0.39, 0.29) is 17.7 Å². The molecule has 1 N–H and O–H groups in total. The fourth-order valence-corrected chi connectivity index (χ4v) is 0.496. The van der Waals surface area contributed by atoms with Crippen molar-refractivity contribution in [2.75, 3.05) is 0 Å². The van der Waals surface area contributed by atoms with Gasteiger partial charge in [0.1, 0.15) is 5.71 Å². The van der Waals surface area contributed by atoms with Gasteiger partial charge in [0.2, 0.25) is 0 Å². The normalized spacial score (nSPS) is 11.0. The number of aliphatic carboxylic acids is 1. The fourth-order valence-electron chi connectivity index (χ4n) is 0.496. The number of carbonyl (C=O) groups is 2. The topological polar surface area (TPSA) is 66.7 Å². The first kappa shape index (κ1) is 10.6. The highest BCUT2D eigenvalue weighted by molar-refractivity contribution is 6.37. The molecule has 0 rings (SSSR count). The molecule has 1 amide bonds. The van der Waals surface area contributed by atoms with Gasteiger partial charge in [0, 0.05) is 5.57 Å². The van der Waals surface area contributed by atoms with Gasteiger partial charge in [-0.2, -0.15) is 0 Å². The Bertz CT molecular complexity index is 253. The minimum absolute atomic E-state index is 0.136. The number of carboxylic acid groups (broad SMARTS) is 1. The molecule has 66 valence electrons. The third kappa shape index (κ3) is 3.09. The maximum Gasteiger partial charge on any atom is 0.350 e. The summed E-state index contributed by atoms with van der Waals surface area (Å²) >= 11 is 0. The van der Waals surface area contributed by atoms with Gasteiger partial charge in [0.05, 0.1) is 0 Å². The smallest absolute Gasteiger partial charge is 0.350 e. The van der Waals surface area contributed by atoms with Crippen molar-refractivity contribution >= 4 is 17.6 Å². The molecule has 0 aromatic heterocycles. The number of hydrogen-bond donors (Lipinski definition) is 1. The third-order valence-corrected chi connectivity index (χ3v) is 1.18. The summed E-state index contributed by atoms with van der Waals surface area (Å²) in [5, 5.41) is 8.49. The van der Waals surface area contributed by atoms with Gasteiger partial charge in [-0.25, -0.2) is 9.79 Å². The molecule has 0 saturated heterocycles. The van der Waals surface area contributed by atoms with Gasteiger partial charge in [0.25, 0.3) is 5.91 Å². The maximum atomic E-state index is 10.9. The van der Waals surface area contributed by atoms with Gasteiger partial charge >= 0.3 is 5.97 Å². The lowest BCUT2D eigenvalue weighted by atomic mass is 10.3. The Morgan fingerprint density at radius 1 is 1.50 bits per heavy atom. The molecule has 0 fully saturated rings. The number of hydrogen-bond acceptors (Lipinski definition) is 2. The Balaban J connectivity index is 4.61. The van der Waals surface area contributed by atoms with Crippen LogP contribution in [0.15, 0.2) is 17.1 Å². The van der Waals surface area contributed by atoms with Crippen LogP contribution < -0.4 is 0 Å². The molecule has 0 spiro atoms. The molecule has 0 aromatic rings. The molecule has 0 atom stereocenters. The summed E-state index contributed by atoms with van der Waals surface area (Å²) in [7, 11) is 0. The highest BCUT2D eigenvalue weighted by Crippen LogP contribution is 1.94. The van der Waals surface area contributed by atoms with E-state index in [4.69, 9.17) is 5.11 Å². The number of carbonyl (C=O) groups excluding carboxylic acids is 1. The minimum Gasteiger partial charge on any atom is -0.477 e. The lowest BCUT2D eigenvalue weighted by molar-refractivity contribution is -0.129. The molecule has 0 radical (unpaired) electrons. The van der Waals surface area contributed by atoms with E-state index in [1.165, 1.54) is 6.92 Å². The van der Waals surface area contributed by atoms with E-state index < -0.39 is 11.9 Å². The highest BCUT2D eigenvalue weighted by atomic mass is 16.4. The van der Waals surface area contributed by atoms with Crippen LogP contribution >= 0.6 is 0 Å². The standard InChI is InChI=1S/C8H11NO3/c1-4-6(8(11)12)9-7(10)5(2)3/h2,4H2,1,3H3,(H,11,12). The molecule has 0 unspecified atom stereocenters. The van der Waals surface area contributed by atoms with Crippen LogP contribution in [-0.4, -0.2) is 22.7 Å². The Hall–Kier alpha value is -1.45. The first-order valence-corrected chi connectivity index (χ1v) is 3.49. The number of rotatable bonds is 3. The number of nitrogens with zero attached hydrogens (tertiary/aromatic N) is 1. The van der Waals surface area contributed by atoms with Crippen LogP contribution in [0.3, 0.4) is 0 Å². The SMILES string of the molecule is C=C(C)C(=O)N=C(CC)C(=O)O. The van der Waals surface area contributed by atoms with E-state index in [0.717, 1.165) is 0 Å². The number of carboxylic acids is 1. The Labute approximate surface area is 70.6 Å². The third-order valence-electron chi connectivity index (χ3n) is 1.18. The van der Waals surface area contributed by atoms with E-state index in [9.17, 15) is 9.59 Å². The first-order chi connectivity index (χ1) is 5.49. The molecule has 0 heterocycles. The molecule has 0 aromatic carbocycles. The van der Waals surface area contributed by atoms with Crippen LogP contribution in [0.1, 0.15) is 20.3 Å². The van der Waals surface area contributed by atoms with Crippen molar-refractivity contribution in [2.24, 2.45) is 4.99 Å². The molecule has 0 aliphatic rings. The maximum absolute atomic E-state index is 10.9. The van der Waals surface area contributed by atoms with Gasteiger partial charge in [-0.05, 0) is 13.3 Å². The Morgan fingerprint density at radius 2 is 2.00 bits per heavy atom. The van der Waals surface area contributed by atoms with Crippen molar-refractivity contribution < 1.29 is 14.7 Å². The minimum atomic E-state index is -1.16.